The molecular formula is C24H26N6O4S. The van der Waals surface area contributed by atoms with Gasteiger partial charge in [0.05, 0.1) is 46.7 Å². The molecule has 0 saturated carbocycles. The van der Waals surface area contributed by atoms with Gasteiger partial charge in [0, 0.05) is 11.5 Å². The third-order valence-electron chi connectivity index (χ3n) is 5.20. The highest BCUT2D eigenvalue weighted by molar-refractivity contribution is 7.13. The van der Waals surface area contributed by atoms with Crippen LogP contribution in [-0.2, 0) is 24.5 Å². The zero-order chi connectivity index (χ0) is 24.6. The molecule has 0 saturated heterocycles. The highest BCUT2D eigenvalue weighted by atomic mass is 32.1. The Morgan fingerprint density at radius 3 is 2.83 bits per heavy atom. The molecule has 35 heavy (non-hydrogen) atoms. The fourth-order valence-electron chi connectivity index (χ4n) is 3.78. The highest BCUT2D eigenvalue weighted by Crippen LogP contribution is 2.30. The van der Waals surface area contributed by atoms with E-state index in [0.717, 1.165) is 15.8 Å². The number of aromatic nitrogens is 5. The van der Waals surface area contributed by atoms with Crippen molar-refractivity contribution in [3.8, 4) is 16.5 Å². The summed E-state index contributed by atoms with van der Waals surface area (Å²) >= 11 is 1.54. The minimum atomic E-state index is -0.916. The maximum absolute atomic E-state index is 10.4. The molecule has 3 N–H and O–H groups in total. The lowest BCUT2D eigenvalue weighted by atomic mass is 10.1. The standard InChI is InChI=1S/C24H26N6O4S/c1-14(25)32-10-18-21-22(30(13-26-21)12-24(2,3)31)16-7-6-15(9-17(16)27-18)33-11-20-28-23(29-34-20)19-5-4-8-35-19/h4-9,13-14,31H,10-12,25H2,1-3H3. The summed E-state index contributed by atoms with van der Waals surface area (Å²) in [6, 6.07) is 9.52. The number of rotatable bonds is 9. The van der Waals surface area contributed by atoms with Gasteiger partial charge in [0.2, 0.25) is 5.82 Å². The molecule has 1 unspecified atom stereocenters. The fraction of sp³-hybridized carbons (Fsp3) is 0.333. The lowest BCUT2D eigenvalue weighted by Gasteiger charge is -2.19. The van der Waals surface area contributed by atoms with E-state index in [1.54, 1.807) is 38.4 Å². The first kappa shape index (κ1) is 23.4. The summed E-state index contributed by atoms with van der Waals surface area (Å²) in [7, 11) is 0. The normalized spacial score (nSPS) is 13.1. The Bertz CT molecular complexity index is 1450. The Kier molecular flexibility index (Phi) is 6.24. The molecule has 5 rings (SSSR count). The largest absolute Gasteiger partial charge is 0.484 e. The summed E-state index contributed by atoms with van der Waals surface area (Å²) < 4.78 is 18.8. The molecule has 0 spiro atoms. The van der Waals surface area contributed by atoms with E-state index < -0.39 is 11.8 Å². The zero-order valence-corrected chi connectivity index (χ0v) is 20.5. The molecule has 4 heterocycles. The minimum Gasteiger partial charge on any atom is -0.484 e. The minimum absolute atomic E-state index is 0.128. The van der Waals surface area contributed by atoms with Gasteiger partial charge in [-0.1, -0.05) is 11.2 Å². The van der Waals surface area contributed by atoms with Crippen LogP contribution in [0.2, 0.25) is 0 Å². The maximum atomic E-state index is 10.4. The van der Waals surface area contributed by atoms with Crippen LogP contribution in [0.3, 0.4) is 0 Å². The van der Waals surface area contributed by atoms with E-state index in [1.165, 1.54) is 0 Å². The predicted molar refractivity (Wildman–Crippen MR) is 132 cm³/mol. The topological polar surface area (TPSA) is 134 Å². The summed E-state index contributed by atoms with van der Waals surface area (Å²) in [6.07, 6.45) is 1.27. The van der Waals surface area contributed by atoms with Gasteiger partial charge in [-0.05, 0) is 44.4 Å². The van der Waals surface area contributed by atoms with Gasteiger partial charge in [-0.25, -0.2) is 9.97 Å². The van der Waals surface area contributed by atoms with Crippen molar-refractivity contribution in [2.24, 2.45) is 5.73 Å². The van der Waals surface area contributed by atoms with Crippen molar-refractivity contribution >= 4 is 33.3 Å². The molecule has 0 aliphatic rings. The molecule has 0 bridgehead atoms. The second kappa shape index (κ2) is 9.34. The van der Waals surface area contributed by atoms with E-state index in [-0.39, 0.29) is 13.2 Å². The van der Waals surface area contributed by atoms with Crippen LogP contribution in [0.5, 0.6) is 5.75 Å². The Labute approximate surface area is 205 Å². The Hall–Kier alpha value is -3.38. The van der Waals surface area contributed by atoms with E-state index in [1.807, 2.05) is 40.3 Å². The maximum Gasteiger partial charge on any atom is 0.264 e. The predicted octanol–water partition coefficient (Wildman–Crippen LogP) is 3.87. The zero-order valence-electron chi connectivity index (χ0n) is 19.6. The van der Waals surface area contributed by atoms with E-state index in [9.17, 15) is 5.11 Å². The molecule has 10 nitrogen and oxygen atoms in total. The monoisotopic (exact) mass is 494 g/mol. The third-order valence-corrected chi connectivity index (χ3v) is 6.07. The molecular weight excluding hydrogens is 468 g/mol. The van der Waals surface area contributed by atoms with Crippen molar-refractivity contribution in [3.05, 3.63) is 53.6 Å². The lowest BCUT2D eigenvalue weighted by molar-refractivity contribution is 0.0564. The average Bonchev–Trinajstić information content (AvgIpc) is 3.56. The van der Waals surface area contributed by atoms with Gasteiger partial charge < -0.3 is 29.4 Å². The molecule has 0 aliphatic carbocycles. The summed E-state index contributed by atoms with van der Waals surface area (Å²) in [6.45, 7) is 5.99. The number of hydrogen-bond donors (Lipinski definition) is 2. The first-order valence-corrected chi connectivity index (χ1v) is 12.0. The van der Waals surface area contributed by atoms with Crippen LogP contribution < -0.4 is 10.5 Å². The summed E-state index contributed by atoms with van der Waals surface area (Å²) in [5, 5.41) is 17.3. The van der Waals surface area contributed by atoms with E-state index in [4.69, 9.17) is 24.7 Å². The smallest absolute Gasteiger partial charge is 0.264 e. The van der Waals surface area contributed by atoms with Gasteiger partial charge in [0.25, 0.3) is 5.89 Å². The highest BCUT2D eigenvalue weighted by Gasteiger charge is 2.20. The Balaban J connectivity index is 1.47. The summed E-state index contributed by atoms with van der Waals surface area (Å²) in [5.41, 5.74) is 7.82. The quantitative estimate of drug-likeness (QED) is 0.293. The molecule has 0 fully saturated rings. The third kappa shape index (κ3) is 5.17. The van der Waals surface area contributed by atoms with Crippen LogP contribution >= 0.6 is 11.3 Å². The van der Waals surface area contributed by atoms with Crippen LogP contribution in [0.4, 0.5) is 0 Å². The van der Waals surface area contributed by atoms with Crippen LogP contribution in [0, 0.1) is 0 Å². The van der Waals surface area contributed by atoms with Crippen molar-refractivity contribution in [2.75, 3.05) is 0 Å². The molecule has 4 aromatic heterocycles. The van der Waals surface area contributed by atoms with Crippen LogP contribution in [0.1, 0.15) is 32.4 Å². The number of nitrogens with two attached hydrogens (primary N) is 1. The van der Waals surface area contributed by atoms with Crippen LogP contribution in [0.15, 0.2) is 46.6 Å². The first-order chi connectivity index (χ1) is 16.8. The Morgan fingerprint density at radius 1 is 1.23 bits per heavy atom. The molecule has 0 amide bonds. The molecule has 1 atom stereocenters. The van der Waals surface area contributed by atoms with E-state index in [0.29, 0.717) is 40.7 Å². The number of benzene rings is 1. The van der Waals surface area contributed by atoms with Crippen molar-refractivity contribution in [1.82, 2.24) is 24.7 Å². The van der Waals surface area contributed by atoms with Crippen LogP contribution in [0.25, 0.3) is 32.6 Å². The molecule has 1 aromatic carbocycles. The number of fused-ring (bicyclic) bond motifs is 3. The number of nitrogens with zero attached hydrogens (tertiary/aromatic N) is 5. The first-order valence-electron chi connectivity index (χ1n) is 11.1. The molecule has 182 valence electrons. The number of ether oxygens (including phenoxy) is 2. The number of imidazole rings is 1. The van der Waals surface area contributed by atoms with E-state index >= 15 is 0 Å². The SMILES string of the molecule is CC(N)OCc1nc2cc(OCc3nc(-c4cccs4)no3)ccc2c2c1ncn2CC(C)(C)O. The fourth-order valence-corrected chi connectivity index (χ4v) is 4.43. The molecule has 0 aliphatic heterocycles. The van der Waals surface area contributed by atoms with Crippen molar-refractivity contribution < 1.29 is 19.1 Å². The summed E-state index contributed by atoms with van der Waals surface area (Å²) in [5.74, 6) is 1.53. The van der Waals surface area contributed by atoms with Gasteiger partial charge in [-0.2, -0.15) is 4.98 Å². The summed E-state index contributed by atoms with van der Waals surface area (Å²) in [4.78, 5) is 14.7. The number of pyridine rings is 1. The molecule has 0 radical (unpaired) electrons. The molecule has 5 aromatic rings. The van der Waals surface area contributed by atoms with Gasteiger partial charge >= 0.3 is 0 Å². The second-order valence-corrected chi connectivity index (χ2v) is 9.86. The van der Waals surface area contributed by atoms with E-state index in [2.05, 4.69) is 15.1 Å². The van der Waals surface area contributed by atoms with Gasteiger partial charge in [0.1, 0.15) is 17.5 Å². The van der Waals surface area contributed by atoms with Crippen LogP contribution in [-0.4, -0.2) is 41.6 Å². The Morgan fingerprint density at radius 2 is 2.09 bits per heavy atom. The van der Waals surface area contributed by atoms with Crippen molar-refractivity contribution in [2.45, 2.75) is 52.4 Å². The van der Waals surface area contributed by atoms with Crippen molar-refractivity contribution in [3.63, 3.8) is 0 Å². The van der Waals surface area contributed by atoms with Gasteiger partial charge in [0.15, 0.2) is 6.61 Å². The lowest BCUT2D eigenvalue weighted by Crippen LogP contribution is -2.25. The number of aliphatic hydroxyl groups is 1. The molecule has 11 heteroatoms. The second-order valence-electron chi connectivity index (χ2n) is 8.91. The van der Waals surface area contributed by atoms with Gasteiger partial charge in [-0.15, -0.1) is 11.3 Å². The van der Waals surface area contributed by atoms with Crippen molar-refractivity contribution in [1.29, 1.82) is 0 Å². The number of hydrogen-bond acceptors (Lipinski definition) is 10. The average molecular weight is 495 g/mol. The number of thiophene rings is 1. The van der Waals surface area contributed by atoms with Gasteiger partial charge in [-0.3, -0.25) is 0 Å².